The Morgan fingerprint density at radius 2 is 1.76 bits per heavy atom. The standard InChI is InChI=1S/C16H22N2O3/c1-13(19)17-8-5-9-18(11-10-17)16(20)12-14-6-3-4-7-15(14)21-2/h3-4,6-7H,5,8-12H2,1-2H3. The van der Waals surface area contributed by atoms with Crippen molar-refractivity contribution in [3.63, 3.8) is 0 Å². The number of rotatable bonds is 3. The number of hydrogen-bond acceptors (Lipinski definition) is 3. The Morgan fingerprint density at radius 1 is 1.10 bits per heavy atom. The van der Waals surface area contributed by atoms with Crippen molar-refractivity contribution in [1.82, 2.24) is 9.80 Å². The van der Waals surface area contributed by atoms with Crippen molar-refractivity contribution in [1.29, 1.82) is 0 Å². The van der Waals surface area contributed by atoms with Gasteiger partial charge in [0, 0.05) is 38.7 Å². The summed E-state index contributed by atoms with van der Waals surface area (Å²) in [6.07, 6.45) is 1.17. The molecule has 0 saturated carbocycles. The van der Waals surface area contributed by atoms with Crippen LogP contribution in [0.2, 0.25) is 0 Å². The molecule has 1 saturated heterocycles. The lowest BCUT2D eigenvalue weighted by Gasteiger charge is -2.21. The van der Waals surface area contributed by atoms with Gasteiger partial charge in [-0.1, -0.05) is 18.2 Å². The van der Waals surface area contributed by atoms with Crippen molar-refractivity contribution in [2.24, 2.45) is 0 Å². The molecule has 1 heterocycles. The van der Waals surface area contributed by atoms with Crippen molar-refractivity contribution in [3.05, 3.63) is 29.8 Å². The topological polar surface area (TPSA) is 49.9 Å². The highest BCUT2D eigenvalue weighted by molar-refractivity contribution is 5.80. The minimum Gasteiger partial charge on any atom is -0.496 e. The van der Waals surface area contributed by atoms with Crippen molar-refractivity contribution >= 4 is 11.8 Å². The zero-order valence-electron chi connectivity index (χ0n) is 12.7. The smallest absolute Gasteiger partial charge is 0.227 e. The Balaban J connectivity index is 1.98. The van der Waals surface area contributed by atoms with Gasteiger partial charge in [-0.3, -0.25) is 9.59 Å². The van der Waals surface area contributed by atoms with E-state index in [0.717, 1.165) is 24.3 Å². The maximum atomic E-state index is 12.4. The van der Waals surface area contributed by atoms with Gasteiger partial charge in [-0.25, -0.2) is 0 Å². The number of para-hydroxylation sites is 1. The van der Waals surface area contributed by atoms with E-state index in [9.17, 15) is 9.59 Å². The number of carbonyl (C=O) groups is 2. The van der Waals surface area contributed by atoms with Crippen LogP contribution >= 0.6 is 0 Å². The molecule has 0 radical (unpaired) electrons. The molecule has 1 aliphatic rings. The summed E-state index contributed by atoms with van der Waals surface area (Å²) in [6.45, 7) is 4.23. The summed E-state index contributed by atoms with van der Waals surface area (Å²) in [7, 11) is 1.61. The molecule has 0 unspecified atom stereocenters. The van der Waals surface area contributed by atoms with Crippen LogP contribution in [0.25, 0.3) is 0 Å². The van der Waals surface area contributed by atoms with Crippen LogP contribution in [0, 0.1) is 0 Å². The Labute approximate surface area is 125 Å². The molecule has 114 valence electrons. The molecule has 5 heteroatoms. The number of methoxy groups -OCH3 is 1. The first kappa shape index (κ1) is 15.4. The summed E-state index contributed by atoms with van der Waals surface area (Å²) < 4.78 is 5.28. The fraction of sp³-hybridized carbons (Fsp3) is 0.500. The van der Waals surface area contributed by atoms with Crippen molar-refractivity contribution in [2.45, 2.75) is 19.8 Å². The fourth-order valence-electron chi connectivity index (χ4n) is 2.61. The Morgan fingerprint density at radius 3 is 2.48 bits per heavy atom. The highest BCUT2D eigenvalue weighted by atomic mass is 16.5. The van der Waals surface area contributed by atoms with Crippen LogP contribution in [0.5, 0.6) is 5.75 Å². The molecule has 21 heavy (non-hydrogen) atoms. The number of nitrogens with zero attached hydrogens (tertiary/aromatic N) is 2. The quantitative estimate of drug-likeness (QED) is 0.843. The molecule has 2 amide bonds. The zero-order chi connectivity index (χ0) is 15.2. The van der Waals surface area contributed by atoms with Crippen LogP contribution in [0.1, 0.15) is 18.9 Å². The summed E-state index contributed by atoms with van der Waals surface area (Å²) in [5, 5.41) is 0. The predicted octanol–water partition coefficient (Wildman–Crippen LogP) is 1.32. The van der Waals surface area contributed by atoms with Crippen LogP contribution in [0.15, 0.2) is 24.3 Å². The maximum absolute atomic E-state index is 12.4. The molecule has 1 aromatic rings. The van der Waals surface area contributed by atoms with Gasteiger partial charge in [0.1, 0.15) is 5.75 Å². The Hall–Kier alpha value is -2.04. The molecular formula is C16H22N2O3. The first-order chi connectivity index (χ1) is 10.1. The van der Waals surface area contributed by atoms with E-state index in [1.165, 1.54) is 0 Å². The first-order valence-corrected chi connectivity index (χ1v) is 7.27. The minimum atomic E-state index is 0.0778. The monoisotopic (exact) mass is 290 g/mol. The summed E-state index contributed by atoms with van der Waals surface area (Å²) >= 11 is 0. The molecule has 1 aliphatic heterocycles. The predicted molar refractivity (Wildman–Crippen MR) is 80.1 cm³/mol. The van der Waals surface area contributed by atoms with Crippen molar-refractivity contribution < 1.29 is 14.3 Å². The molecule has 1 fully saturated rings. The summed E-state index contributed by atoms with van der Waals surface area (Å²) in [5.41, 5.74) is 0.901. The van der Waals surface area contributed by atoms with Crippen molar-refractivity contribution in [3.8, 4) is 5.75 Å². The average Bonchev–Trinajstić information content (AvgIpc) is 2.73. The normalized spacial score (nSPS) is 15.5. The molecule has 5 nitrogen and oxygen atoms in total. The highest BCUT2D eigenvalue weighted by Gasteiger charge is 2.21. The number of ether oxygens (including phenoxy) is 1. The second-order valence-electron chi connectivity index (χ2n) is 5.23. The molecule has 0 aliphatic carbocycles. The molecule has 0 bridgehead atoms. The fourth-order valence-corrected chi connectivity index (χ4v) is 2.61. The SMILES string of the molecule is COc1ccccc1CC(=O)N1CCCN(C(C)=O)CC1. The van der Waals surface area contributed by atoms with Gasteiger partial charge in [-0.05, 0) is 12.5 Å². The Bertz CT molecular complexity index is 516. The van der Waals surface area contributed by atoms with E-state index in [1.54, 1.807) is 18.9 Å². The third kappa shape index (κ3) is 3.97. The van der Waals surface area contributed by atoms with Crippen LogP contribution < -0.4 is 4.74 Å². The summed E-state index contributed by atoms with van der Waals surface area (Å²) in [6, 6.07) is 7.58. The van der Waals surface area contributed by atoms with E-state index >= 15 is 0 Å². The molecule has 0 spiro atoms. The van der Waals surface area contributed by atoms with Gasteiger partial charge >= 0.3 is 0 Å². The lowest BCUT2D eigenvalue weighted by Crippen LogP contribution is -2.37. The largest absolute Gasteiger partial charge is 0.496 e. The van der Waals surface area contributed by atoms with Crippen molar-refractivity contribution in [2.75, 3.05) is 33.3 Å². The van der Waals surface area contributed by atoms with Gasteiger partial charge in [0.15, 0.2) is 0 Å². The average molecular weight is 290 g/mol. The lowest BCUT2D eigenvalue weighted by molar-refractivity contribution is -0.132. The minimum absolute atomic E-state index is 0.0778. The Kier molecular flexibility index (Phi) is 5.20. The molecule has 0 atom stereocenters. The van der Waals surface area contributed by atoms with Crippen LogP contribution in [-0.2, 0) is 16.0 Å². The molecule has 2 rings (SSSR count). The van der Waals surface area contributed by atoms with Gasteiger partial charge in [0.05, 0.1) is 13.5 Å². The van der Waals surface area contributed by atoms with Crippen LogP contribution in [0.3, 0.4) is 0 Å². The van der Waals surface area contributed by atoms with E-state index in [-0.39, 0.29) is 11.8 Å². The molecule has 0 N–H and O–H groups in total. The number of hydrogen-bond donors (Lipinski definition) is 0. The second-order valence-corrected chi connectivity index (χ2v) is 5.23. The van der Waals surface area contributed by atoms with Gasteiger partial charge in [-0.15, -0.1) is 0 Å². The molecule has 0 aromatic heterocycles. The zero-order valence-corrected chi connectivity index (χ0v) is 12.7. The van der Waals surface area contributed by atoms with E-state index in [1.807, 2.05) is 29.2 Å². The van der Waals surface area contributed by atoms with Gasteiger partial charge < -0.3 is 14.5 Å². The maximum Gasteiger partial charge on any atom is 0.227 e. The lowest BCUT2D eigenvalue weighted by atomic mass is 10.1. The van der Waals surface area contributed by atoms with E-state index < -0.39 is 0 Å². The number of benzene rings is 1. The van der Waals surface area contributed by atoms with E-state index in [2.05, 4.69) is 0 Å². The van der Waals surface area contributed by atoms with E-state index in [0.29, 0.717) is 26.1 Å². The van der Waals surface area contributed by atoms with Gasteiger partial charge in [-0.2, -0.15) is 0 Å². The van der Waals surface area contributed by atoms with Crippen LogP contribution in [0.4, 0.5) is 0 Å². The molecule has 1 aromatic carbocycles. The first-order valence-electron chi connectivity index (χ1n) is 7.27. The number of amides is 2. The summed E-state index contributed by atoms with van der Waals surface area (Å²) in [4.78, 5) is 27.5. The highest BCUT2D eigenvalue weighted by Crippen LogP contribution is 2.19. The molecular weight excluding hydrogens is 268 g/mol. The van der Waals surface area contributed by atoms with Crippen LogP contribution in [-0.4, -0.2) is 54.9 Å². The summed E-state index contributed by atoms with van der Waals surface area (Å²) in [5.74, 6) is 0.907. The second kappa shape index (κ2) is 7.11. The third-order valence-corrected chi connectivity index (χ3v) is 3.83. The van der Waals surface area contributed by atoms with Gasteiger partial charge in [0.25, 0.3) is 0 Å². The van der Waals surface area contributed by atoms with Gasteiger partial charge in [0.2, 0.25) is 11.8 Å². The third-order valence-electron chi connectivity index (χ3n) is 3.83. The number of carbonyl (C=O) groups excluding carboxylic acids is 2. The van der Waals surface area contributed by atoms with E-state index in [4.69, 9.17) is 4.74 Å².